The molecule has 2 aliphatic heterocycles. The van der Waals surface area contributed by atoms with E-state index in [0.29, 0.717) is 24.2 Å². The van der Waals surface area contributed by atoms with Gasteiger partial charge in [-0.15, -0.1) is 0 Å². The Morgan fingerprint density at radius 3 is 2.65 bits per heavy atom. The Balaban J connectivity index is 1.76. The number of carbonyl (C=O) groups is 2. The molecule has 0 saturated carbocycles. The van der Waals surface area contributed by atoms with E-state index in [2.05, 4.69) is 5.32 Å². The Morgan fingerprint density at radius 2 is 1.81 bits per heavy atom. The van der Waals surface area contributed by atoms with Crippen molar-refractivity contribution in [2.75, 3.05) is 13.1 Å². The minimum absolute atomic E-state index is 0.217. The number of dihydropyridines is 1. The second-order valence-electron chi connectivity index (χ2n) is 6.64. The van der Waals surface area contributed by atoms with Crippen molar-refractivity contribution in [2.24, 2.45) is 0 Å². The number of rotatable bonds is 2. The third-order valence-corrected chi connectivity index (χ3v) is 5.06. The minimum Gasteiger partial charge on any atom is -0.387 e. The van der Waals surface area contributed by atoms with Gasteiger partial charge in [-0.1, -0.05) is 42.5 Å². The highest BCUT2D eigenvalue weighted by molar-refractivity contribution is 6.30. The predicted octanol–water partition coefficient (Wildman–Crippen LogP) is 3.63. The molecule has 0 fully saturated rings. The zero-order chi connectivity index (χ0) is 17.7. The van der Waals surface area contributed by atoms with Crippen LogP contribution in [0.1, 0.15) is 20.7 Å². The van der Waals surface area contributed by atoms with Crippen LogP contribution in [0.5, 0.6) is 0 Å². The van der Waals surface area contributed by atoms with Gasteiger partial charge in [-0.2, -0.15) is 0 Å². The Labute approximate surface area is 150 Å². The lowest BCUT2D eigenvalue weighted by Gasteiger charge is -2.29. The molecule has 126 valence electrons. The molecule has 0 spiro atoms. The number of hydrogen-bond donors (Lipinski definition) is 1. The summed E-state index contributed by atoms with van der Waals surface area (Å²) in [6.07, 6.45) is 5.70. The summed E-state index contributed by atoms with van der Waals surface area (Å²) in [6.45, 7) is 0.939. The molecule has 1 N–H and O–H groups in total. The molecule has 26 heavy (non-hydrogen) atoms. The molecule has 0 aliphatic carbocycles. The van der Waals surface area contributed by atoms with Crippen molar-refractivity contribution in [1.82, 2.24) is 10.2 Å². The summed E-state index contributed by atoms with van der Waals surface area (Å²) in [4.78, 5) is 27.8. The molecular weight excluding hydrogens is 324 g/mol. The van der Waals surface area contributed by atoms with Crippen LogP contribution in [-0.2, 0) is 0 Å². The quantitative estimate of drug-likeness (QED) is 0.572. The Hall–Kier alpha value is -3.40. The van der Waals surface area contributed by atoms with Gasteiger partial charge in [0, 0.05) is 17.5 Å². The third-order valence-electron chi connectivity index (χ3n) is 5.06. The summed E-state index contributed by atoms with van der Waals surface area (Å²) < 4.78 is 0. The van der Waals surface area contributed by atoms with Gasteiger partial charge < -0.3 is 5.32 Å². The monoisotopic (exact) mass is 340 g/mol. The van der Waals surface area contributed by atoms with E-state index in [1.54, 1.807) is 0 Å². The van der Waals surface area contributed by atoms with Crippen molar-refractivity contribution in [1.29, 1.82) is 0 Å². The van der Waals surface area contributed by atoms with Gasteiger partial charge in [0.1, 0.15) is 0 Å². The van der Waals surface area contributed by atoms with E-state index >= 15 is 0 Å². The van der Waals surface area contributed by atoms with Gasteiger partial charge in [0.25, 0.3) is 11.8 Å². The first kappa shape index (κ1) is 14.9. The van der Waals surface area contributed by atoms with Crippen LogP contribution in [0.3, 0.4) is 0 Å². The zero-order valence-corrected chi connectivity index (χ0v) is 14.0. The van der Waals surface area contributed by atoms with Gasteiger partial charge in [-0.05, 0) is 46.1 Å². The molecule has 0 atom stereocenters. The predicted molar refractivity (Wildman–Crippen MR) is 102 cm³/mol. The molecule has 2 aliphatic rings. The van der Waals surface area contributed by atoms with Crippen LogP contribution >= 0.6 is 0 Å². The maximum Gasteiger partial charge on any atom is 0.262 e. The Morgan fingerprint density at radius 1 is 0.962 bits per heavy atom. The van der Waals surface area contributed by atoms with Crippen LogP contribution in [0.2, 0.25) is 0 Å². The topological polar surface area (TPSA) is 49.4 Å². The first-order valence-corrected chi connectivity index (χ1v) is 8.63. The normalized spacial score (nSPS) is 16.2. The fourth-order valence-electron chi connectivity index (χ4n) is 3.85. The molecule has 0 radical (unpaired) electrons. The molecule has 3 aromatic rings. The van der Waals surface area contributed by atoms with E-state index in [1.807, 2.05) is 66.9 Å². The highest BCUT2D eigenvalue weighted by Gasteiger charge is 2.34. The molecule has 0 bridgehead atoms. The lowest BCUT2D eigenvalue weighted by Crippen LogP contribution is -2.42. The van der Waals surface area contributed by atoms with E-state index in [9.17, 15) is 9.59 Å². The molecule has 0 saturated heterocycles. The average molecular weight is 340 g/mol. The summed E-state index contributed by atoms with van der Waals surface area (Å²) in [5.41, 5.74) is 2.24. The lowest BCUT2D eigenvalue weighted by atomic mass is 9.89. The van der Waals surface area contributed by atoms with Crippen molar-refractivity contribution in [2.45, 2.75) is 0 Å². The number of carbonyl (C=O) groups excluding carboxylic acids is 2. The molecule has 4 heteroatoms. The molecule has 3 aromatic carbocycles. The first-order chi connectivity index (χ1) is 12.7. The van der Waals surface area contributed by atoms with Crippen molar-refractivity contribution in [3.63, 3.8) is 0 Å². The van der Waals surface area contributed by atoms with Crippen LogP contribution in [0.4, 0.5) is 0 Å². The van der Waals surface area contributed by atoms with E-state index in [4.69, 9.17) is 0 Å². The van der Waals surface area contributed by atoms with Crippen LogP contribution < -0.4 is 5.32 Å². The molecule has 4 nitrogen and oxygen atoms in total. The van der Waals surface area contributed by atoms with Gasteiger partial charge in [0.05, 0.1) is 12.1 Å². The average Bonchev–Trinajstić information content (AvgIpc) is 2.68. The van der Waals surface area contributed by atoms with Crippen LogP contribution in [0.15, 0.2) is 72.5 Å². The van der Waals surface area contributed by atoms with Crippen LogP contribution in [-0.4, -0.2) is 29.8 Å². The summed E-state index contributed by atoms with van der Waals surface area (Å²) in [5, 5.41) is 6.73. The SMILES string of the molecule is O=C1c2cccc3cc4ccccc4c(c23)C(=O)N1CC1=CC=CNC1. The summed E-state index contributed by atoms with van der Waals surface area (Å²) in [6, 6.07) is 15.6. The van der Waals surface area contributed by atoms with Crippen molar-refractivity contribution >= 4 is 33.4 Å². The minimum atomic E-state index is -0.223. The number of benzene rings is 3. The maximum absolute atomic E-state index is 13.3. The van der Waals surface area contributed by atoms with E-state index in [-0.39, 0.29) is 11.8 Å². The number of hydrogen-bond acceptors (Lipinski definition) is 3. The van der Waals surface area contributed by atoms with E-state index < -0.39 is 0 Å². The molecule has 0 unspecified atom stereocenters. The number of nitrogens with one attached hydrogen (secondary N) is 1. The number of imide groups is 1. The smallest absolute Gasteiger partial charge is 0.262 e. The molecular formula is C22H16N2O2. The third kappa shape index (κ3) is 2.09. The molecule has 2 amide bonds. The standard InChI is InChI=1S/C22H16N2O2/c25-21-18-9-3-7-16-11-15-6-1-2-8-17(15)20(19(16)18)22(26)24(21)13-14-5-4-10-23-12-14/h1-11,23H,12-13H2. The van der Waals surface area contributed by atoms with Gasteiger partial charge in [-0.3, -0.25) is 14.5 Å². The van der Waals surface area contributed by atoms with E-state index in [0.717, 1.165) is 27.1 Å². The van der Waals surface area contributed by atoms with Crippen molar-refractivity contribution in [3.8, 4) is 0 Å². The molecule has 5 rings (SSSR count). The summed E-state index contributed by atoms with van der Waals surface area (Å²) in [5.74, 6) is -0.440. The van der Waals surface area contributed by atoms with E-state index in [1.165, 1.54) is 4.90 Å². The lowest BCUT2D eigenvalue weighted by molar-refractivity contribution is 0.0625. The number of amides is 2. The molecule has 2 heterocycles. The number of fused-ring (bicyclic) bond motifs is 2. The highest BCUT2D eigenvalue weighted by atomic mass is 16.2. The maximum atomic E-state index is 13.3. The van der Waals surface area contributed by atoms with Gasteiger partial charge in [0.2, 0.25) is 0 Å². The van der Waals surface area contributed by atoms with Crippen LogP contribution in [0, 0.1) is 0 Å². The van der Waals surface area contributed by atoms with Gasteiger partial charge in [-0.25, -0.2) is 0 Å². The second-order valence-corrected chi connectivity index (χ2v) is 6.64. The van der Waals surface area contributed by atoms with Crippen LogP contribution in [0.25, 0.3) is 21.5 Å². The van der Waals surface area contributed by atoms with Crippen molar-refractivity contribution < 1.29 is 9.59 Å². The second kappa shape index (κ2) is 5.56. The van der Waals surface area contributed by atoms with Crippen molar-refractivity contribution in [3.05, 3.63) is 83.6 Å². The summed E-state index contributed by atoms with van der Waals surface area (Å²) in [7, 11) is 0. The fraction of sp³-hybridized carbons (Fsp3) is 0.0909. The molecule has 0 aromatic heterocycles. The summed E-state index contributed by atoms with van der Waals surface area (Å²) >= 11 is 0. The Bertz CT molecular complexity index is 1160. The Kier molecular flexibility index (Phi) is 3.19. The number of allylic oxidation sites excluding steroid dienone is 2. The highest BCUT2D eigenvalue weighted by Crippen LogP contribution is 2.35. The number of nitrogens with zero attached hydrogens (tertiary/aromatic N) is 1. The van der Waals surface area contributed by atoms with Gasteiger partial charge >= 0.3 is 0 Å². The fourth-order valence-corrected chi connectivity index (χ4v) is 3.85. The zero-order valence-electron chi connectivity index (χ0n) is 14.0. The van der Waals surface area contributed by atoms with Gasteiger partial charge in [0.15, 0.2) is 0 Å². The first-order valence-electron chi connectivity index (χ1n) is 8.63. The largest absolute Gasteiger partial charge is 0.387 e.